The molecule has 18 heavy (non-hydrogen) atoms. The van der Waals surface area contributed by atoms with E-state index in [9.17, 15) is 0 Å². The highest BCUT2D eigenvalue weighted by Gasteiger charge is 2.09. The molecule has 1 atom stereocenters. The highest BCUT2D eigenvalue weighted by atomic mass is 79.9. The lowest BCUT2D eigenvalue weighted by atomic mass is 10.1. The van der Waals surface area contributed by atoms with E-state index in [1.807, 2.05) is 11.3 Å². The molecule has 1 aromatic heterocycles. The average molecular weight is 324 g/mol. The summed E-state index contributed by atoms with van der Waals surface area (Å²) in [5.74, 6) is 0. The van der Waals surface area contributed by atoms with Gasteiger partial charge in [0.1, 0.15) is 0 Å². The fraction of sp³-hybridized carbons (Fsp3) is 0.333. The standard InChI is InChI=1S/C15H18BrNS/c1-3-14(15-5-4-8-18-15)17-10-12-6-7-13(16)11(2)9-12/h4-9,14,17H,3,10H2,1-2H3. The van der Waals surface area contributed by atoms with Crippen LogP contribution < -0.4 is 5.32 Å². The van der Waals surface area contributed by atoms with Gasteiger partial charge in [-0.1, -0.05) is 41.1 Å². The molecule has 1 heterocycles. The minimum absolute atomic E-state index is 0.467. The van der Waals surface area contributed by atoms with E-state index in [1.165, 1.54) is 20.5 Å². The fourth-order valence-corrected chi connectivity index (χ4v) is 3.13. The van der Waals surface area contributed by atoms with E-state index in [-0.39, 0.29) is 0 Å². The van der Waals surface area contributed by atoms with Gasteiger partial charge in [-0.3, -0.25) is 0 Å². The minimum atomic E-state index is 0.467. The fourth-order valence-electron chi connectivity index (χ4n) is 1.99. The van der Waals surface area contributed by atoms with E-state index in [0.717, 1.165) is 13.0 Å². The molecule has 1 unspecified atom stereocenters. The van der Waals surface area contributed by atoms with E-state index < -0.39 is 0 Å². The number of nitrogens with one attached hydrogen (secondary N) is 1. The molecule has 0 radical (unpaired) electrons. The van der Waals surface area contributed by atoms with Crippen molar-refractivity contribution >= 4 is 27.3 Å². The number of thiophene rings is 1. The van der Waals surface area contributed by atoms with Gasteiger partial charge in [0.2, 0.25) is 0 Å². The number of halogens is 1. The maximum absolute atomic E-state index is 3.63. The Morgan fingerprint density at radius 2 is 2.17 bits per heavy atom. The van der Waals surface area contributed by atoms with Gasteiger partial charge in [0.25, 0.3) is 0 Å². The minimum Gasteiger partial charge on any atom is -0.305 e. The van der Waals surface area contributed by atoms with Crippen LogP contribution in [0, 0.1) is 6.92 Å². The third kappa shape index (κ3) is 3.44. The van der Waals surface area contributed by atoms with Crippen LogP contribution in [-0.4, -0.2) is 0 Å². The van der Waals surface area contributed by atoms with Gasteiger partial charge in [0.05, 0.1) is 0 Å². The van der Waals surface area contributed by atoms with E-state index in [0.29, 0.717) is 6.04 Å². The molecule has 0 saturated carbocycles. The van der Waals surface area contributed by atoms with E-state index in [1.54, 1.807) is 0 Å². The summed E-state index contributed by atoms with van der Waals surface area (Å²) in [4.78, 5) is 1.42. The van der Waals surface area contributed by atoms with E-state index >= 15 is 0 Å². The number of aryl methyl sites for hydroxylation is 1. The summed E-state index contributed by atoms with van der Waals surface area (Å²) in [5, 5.41) is 5.77. The van der Waals surface area contributed by atoms with Crippen molar-refractivity contribution in [3.8, 4) is 0 Å². The Hall–Kier alpha value is -0.640. The van der Waals surface area contributed by atoms with Gasteiger partial charge in [0.15, 0.2) is 0 Å². The molecule has 0 fully saturated rings. The highest BCUT2D eigenvalue weighted by Crippen LogP contribution is 2.23. The van der Waals surface area contributed by atoms with Crippen LogP contribution in [0.2, 0.25) is 0 Å². The molecule has 1 aromatic carbocycles. The largest absolute Gasteiger partial charge is 0.305 e. The molecule has 0 saturated heterocycles. The predicted molar refractivity (Wildman–Crippen MR) is 83.1 cm³/mol. The molecule has 0 aliphatic rings. The smallest absolute Gasteiger partial charge is 0.0414 e. The van der Waals surface area contributed by atoms with Crippen molar-refractivity contribution in [1.82, 2.24) is 5.32 Å². The zero-order valence-corrected chi connectivity index (χ0v) is 13.1. The van der Waals surface area contributed by atoms with Gasteiger partial charge >= 0.3 is 0 Å². The molecule has 0 bridgehead atoms. The summed E-state index contributed by atoms with van der Waals surface area (Å²) in [6, 6.07) is 11.3. The Kier molecular flexibility index (Phi) is 4.98. The first-order valence-electron chi connectivity index (χ1n) is 6.22. The molecule has 1 N–H and O–H groups in total. The average Bonchev–Trinajstić information content (AvgIpc) is 2.88. The van der Waals surface area contributed by atoms with Crippen LogP contribution in [0.1, 0.15) is 35.4 Å². The molecule has 96 valence electrons. The predicted octanol–water partition coefficient (Wildman–Crippen LogP) is 5.06. The lowest BCUT2D eigenvalue weighted by molar-refractivity contribution is 0.526. The summed E-state index contributed by atoms with van der Waals surface area (Å²) in [6.07, 6.45) is 1.12. The second-order valence-electron chi connectivity index (χ2n) is 4.44. The number of hydrogen-bond acceptors (Lipinski definition) is 2. The van der Waals surface area contributed by atoms with Crippen LogP contribution in [-0.2, 0) is 6.54 Å². The van der Waals surface area contributed by atoms with E-state index in [2.05, 4.69) is 70.8 Å². The Balaban J connectivity index is 1.99. The van der Waals surface area contributed by atoms with Crippen molar-refractivity contribution < 1.29 is 0 Å². The third-order valence-corrected chi connectivity index (χ3v) is 4.95. The van der Waals surface area contributed by atoms with Crippen molar-refractivity contribution in [3.63, 3.8) is 0 Å². The van der Waals surface area contributed by atoms with Crippen molar-refractivity contribution in [3.05, 3.63) is 56.2 Å². The molecule has 0 aliphatic heterocycles. The molecule has 0 amide bonds. The Morgan fingerprint density at radius 1 is 1.33 bits per heavy atom. The van der Waals surface area contributed by atoms with Gasteiger partial charge in [-0.2, -0.15) is 0 Å². The van der Waals surface area contributed by atoms with Gasteiger partial charge in [0, 0.05) is 21.9 Å². The van der Waals surface area contributed by atoms with Crippen LogP contribution in [0.5, 0.6) is 0 Å². The Bertz CT molecular complexity index is 493. The molecular formula is C15H18BrNS. The summed E-state index contributed by atoms with van der Waals surface area (Å²) < 4.78 is 1.18. The lowest BCUT2D eigenvalue weighted by Gasteiger charge is -2.15. The number of rotatable bonds is 5. The van der Waals surface area contributed by atoms with Crippen LogP contribution >= 0.6 is 27.3 Å². The maximum Gasteiger partial charge on any atom is 0.0414 e. The number of benzene rings is 1. The molecular weight excluding hydrogens is 306 g/mol. The summed E-state index contributed by atoms with van der Waals surface area (Å²) in [7, 11) is 0. The van der Waals surface area contributed by atoms with Gasteiger partial charge < -0.3 is 5.32 Å². The zero-order chi connectivity index (χ0) is 13.0. The SMILES string of the molecule is CCC(NCc1ccc(Br)c(C)c1)c1cccs1. The first kappa shape index (κ1) is 13.8. The second-order valence-corrected chi connectivity index (χ2v) is 6.27. The molecule has 2 aromatic rings. The Morgan fingerprint density at radius 3 is 2.78 bits per heavy atom. The van der Waals surface area contributed by atoms with Crippen LogP contribution in [0.3, 0.4) is 0 Å². The normalized spacial score (nSPS) is 12.6. The highest BCUT2D eigenvalue weighted by molar-refractivity contribution is 9.10. The first-order valence-corrected chi connectivity index (χ1v) is 7.89. The second kappa shape index (κ2) is 6.50. The molecule has 1 nitrogen and oxygen atoms in total. The van der Waals surface area contributed by atoms with Crippen LogP contribution in [0.4, 0.5) is 0 Å². The quantitative estimate of drug-likeness (QED) is 0.810. The zero-order valence-electron chi connectivity index (χ0n) is 10.7. The summed E-state index contributed by atoms with van der Waals surface area (Å²) >= 11 is 5.36. The summed E-state index contributed by atoms with van der Waals surface area (Å²) in [5.41, 5.74) is 2.63. The van der Waals surface area contributed by atoms with Gasteiger partial charge in [-0.25, -0.2) is 0 Å². The number of hydrogen-bond donors (Lipinski definition) is 1. The van der Waals surface area contributed by atoms with Crippen molar-refractivity contribution in [2.45, 2.75) is 32.9 Å². The maximum atomic E-state index is 3.63. The molecule has 0 spiro atoms. The lowest BCUT2D eigenvalue weighted by Crippen LogP contribution is -2.19. The first-order chi connectivity index (χ1) is 8.70. The monoisotopic (exact) mass is 323 g/mol. The molecule has 2 rings (SSSR count). The molecule has 3 heteroatoms. The van der Waals surface area contributed by atoms with Gasteiger partial charge in [-0.15, -0.1) is 11.3 Å². The van der Waals surface area contributed by atoms with Crippen molar-refractivity contribution in [2.24, 2.45) is 0 Å². The van der Waals surface area contributed by atoms with Crippen LogP contribution in [0.25, 0.3) is 0 Å². The summed E-state index contributed by atoms with van der Waals surface area (Å²) in [6.45, 7) is 5.28. The van der Waals surface area contributed by atoms with Crippen LogP contribution in [0.15, 0.2) is 40.2 Å². The van der Waals surface area contributed by atoms with E-state index in [4.69, 9.17) is 0 Å². The third-order valence-electron chi connectivity index (χ3n) is 3.07. The topological polar surface area (TPSA) is 12.0 Å². The Labute approximate surface area is 121 Å². The molecule has 0 aliphatic carbocycles. The van der Waals surface area contributed by atoms with Crippen molar-refractivity contribution in [2.75, 3.05) is 0 Å². The van der Waals surface area contributed by atoms with Crippen molar-refractivity contribution in [1.29, 1.82) is 0 Å². The van der Waals surface area contributed by atoms with Gasteiger partial charge in [-0.05, 0) is 42.0 Å².